The van der Waals surface area contributed by atoms with Crippen molar-refractivity contribution in [1.82, 2.24) is 9.97 Å². The van der Waals surface area contributed by atoms with E-state index in [1.54, 1.807) is 18.4 Å². The minimum Gasteiger partial charge on any atom is -0.497 e. The summed E-state index contributed by atoms with van der Waals surface area (Å²) in [6.07, 6.45) is 1.99. The van der Waals surface area contributed by atoms with Crippen molar-refractivity contribution in [2.45, 2.75) is 6.92 Å². The fraction of sp³-hybridized carbons (Fsp3) is 0.214. The van der Waals surface area contributed by atoms with E-state index in [9.17, 15) is 0 Å². The highest BCUT2D eigenvalue weighted by Gasteiger charge is 2.10. The zero-order chi connectivity index (χ0) is 13.2. The summed E-state index contributed by atoms with van der Waals surface area (Å²) in [4.78, 5) is 7.86. The third-order valence-corrected chi connectivity index (χ3v) is 3.80. The Hall–Kier alpha value is -2.01. The standard InChI is InChI=1S/C14H15N3OS/c1-3-15-14-17-13(8-19-14)11-7-16-12-5-4-9(18-2)6-10(11)12/h4-8,16H,3H2,1-2H3,(H,15,17). The topological polar surface area (TPSA) is 49.9 Å². The maximum Gasteiger partial charge on any atom is 0.183 e. The number of ether oxygens (including phenoxy) is 1. The highest BCUT2D eigenvalue weighted by atomic mass is 32.1. The quantitative estimate of drug-likeness (QED) is 0.761. The molecule has 0 saturated heterocycles. The molecule has 4 nitrogen and oxygen atoms in total. The van der Waals surface area contributed by atoms with Crippen LogP contribution in [0.5, 0.6) is 5.75 Å². The number of hydrogen-bond donors (Lipinski definition) is 2. The average Bonchev–Trinajstić information content (AvgIpc) is 3.04. The number of thiazole rings is 1. The largest absolute Gasteiger partial charge is 0.497 e. The van der Waals surface area contributed by atoms with Crippen molar-refractivity contribution in [3.63, 3.8) is 0 Å². The Morgan fingerprint density at radius 3 is 3.11 bits per heavy atom. The first kappa shape index (κ1) is 12.0. The van der Waals surface area contributed by atoms with Crippen LogP contribution in [0, 0.1) is 0 Å². The average molecular weight is 273 g/mol. The first-order chi connectivity index (χ1) is 9.31. The van der Waals surface area contributed by atoms with Crippen LogP contribution in [0.25, 0.3) is 22.2 Å². The molecule has 3 rings (SSSR count). The molecule has 0 bridgehead atoms. The van der Waals surface area contributed by atoms with E-state index in [-0.39, 0.29) is 0 Å². The van der Waals surface area contributed by atoms with E-state index >= 15 is 0 Å². The Morgan fingerprint density at radius 2 is 2.32 bits per heavy atom. The third kappa shape index (κ3) is 2.17. The molecule has 98 valence electrons. The second kappa shape index (κ2) is 4.93. The van der Waals surface area contributed by atoms with E-state index in [1.165, 1.54) is 0 Å². The maximum atomic E-state index is 5.28. The van der Waals surface area contributed by atoms with Crippen LogP contribution >= 0.6 is 11.3 Å². The van der Waals surface area contributed by atoms with Crippen molar-refractivity contribution in [2.24, 2.45) is 0 Å². The molecule has 0 spiro atoms. The number of H-pyrrole nitrogens is 1. The molecule has 0 radical (unpaired) electrons. The van der Waals surface area contributed by atoms with Crippen LogP contribution < -0.4 is 10.1 Å². The number of nitrogens with zero attached hydrogens (tertiary/aromatic N) is 1. The Morgan fingerprint density at radius 1 is 1.42 bits per heavy atom. The summed E-state index contributed by atoms with van der Waals surface area (Å²) in [6, 6.07) is 6.01. The zero-order valence-electron chi connectivity index (χ0n) is 10.9. The van der Waals surface area contributed by atoms with Crippen LogP contribution in [0.1, 0.15) is 6.92 Å². The molecule has 0 aliphatic rings. The molecule has 3 aromatic rings. The van der Waals surface area contributed by atoms with Crippen molar-refractivity contribution in [1.29, 1.82) is 0 Å². The highest BCUT2D eigenvalue weighted by molar-refractivity contribution is 7.14. The van der Waals surface area contributed by atoms with Crippen molar-refractivity contribution in [2.75, 3.05) is 19.0 Å². The Balaban J connectivity index is 2.07. The molecule has 1 aromatic carbocycles. The molecule has 2 heterocycles. The van der Waals surface area contributed by atoms with Gasteiger partial charge in [-0.1, -0.05) is 0 Å². The van der Waals surface area contributed by atoms with E-state index in [0.717, 1.165) is 39.6 Å². The highest BCUT2D eigenvalue weighted by Crippen LogP contribution is 2.32. The van der Waals surface area contributed by atoms with Gasteiger partial charge in [0.1, 0.15) is 5.75 Å². The monoisotopic (exact) mass is 273 g/mol. The van der Waals surface area contributed by atoms with Gasteiger partial charge in [-0.15, -0.1) is 11.3 Å². The second-order valence-electron chi connectivity index (χ2n) is 4.18. The zero-order valence-corrected chi connectivity index (χ0v) is 11.7. The summed E-state index contributed by atoms with van der Waals surface area (Å²) in [5.74, 6) is 0.857. The fourth-order valence-corrected chi connectivity index (χ4v) is 2.85. The number of anilines is 1. The van der Waals surface area contributed by atoms with Gasteiger partial charge in [-0.3, -0.25) is 0 Å². The Kier molecular flexibility index (Phi) is 3.13. The summed E-state index contributed by atoms with van der Waals surface area (Å²) in [6.45, 7) is 2.95. The van der Waals surface area contributed by atoms with Crippen LogP contribution in [0.2, 0.25) is 0 Å². The van der Waals surface area contributed by atoms with Crippen LogP contribution in [0.3, 0.4) is 0 Å². The fourth-order valence-electron chi connectivity index (χ4n) is 2.07. The smallest absolute Gasteiger partial charge is 0.183 e. The van der Waals surface area contributed by atoms with E-state index in [0.29, 0.717) is 0 Å². The third-order valence-electron chi connectivity index (χ3n) is 3.00. The molecule has 0 atom stereocenters. The molecular weight excluding hydrogens is 258 g/mol. The molecule has 0 amide bonds. The van der Waals surface area contributed by atoms with Crippen molar-refractivity contribution in [3.8, 4) is 17.0 Å². The van der Waals surface area contributed by atoms with Crippen LogP contribution in [0.15, 0.2) is 29.8 Å². The lowest BCUT2D eigenvalue weighted by Gasteiger charge is -2.00. The molecule has 2 aromatic heterocycles. The Labute approximate surface area is 115 Å². The van der Waals surface area contributed by atoms with E-state index in [4.69, 9.17) is 4.74 Å². The summed E-state index contributed by atoms with van der Waals surface area (Å²) >= 11 is 1.62. The number of benzene rings is 1. The van der Waals surface area contributed by atoms with Gasteiger partial charge in [0.25, 0.3) is 0 Å². The summed E-state index contributed by atoms with van der Waals surface area (Å²) in [5, 5.41) is 7.39. The van der Waals surface area contributed by atoms with Gasteiger partial charge in [-0.2, -0.15) is 0 Å². The molecule has 0 unspecified atom stereocenters. The Bertz CT molecular complexity index is 702. The number of rotatable bonds is 4. The number of hydrogen-bond acceptors (Lipinski definition) is 4. The van der Waals surface area contributed by atoms with E-state index < -0.39 is 0 Å². The number of aromatic nitrogens is 2. The summed E-state index contributed by atoms with van der Waals surface area (Å²) in [5.41, 5.74) is 3.18. The minimum absolute atomic E-state index is 0.857. The predicted molar refractivity (Wildman–Crippen MR) is 80.1 cm³/mol. The summed E-state index contributed by atoms with van der Waals surface area (Å²) in [7, 11) is 1.68. The molecular formula is C14H15N3OS. The SMILES string of the molecule is CCNc1nc(-c2c[nH]c3ccc(OC)cc23)cs1. The maximum absolute atomic E-state index is 5.28. The van der Waals surface area contributed by atoms with Crippen molar-refractivity contribution >= 4 is 27.4 Å². The number of fused-ring (bicyclic) bond motifs is 1. The lowest BCUT2D eigenvalue weighted by Crippen LogP contribution is -1.94. The molecule has 0 aliphatic carbocycles. The van der Waals surface area contributed by atoms with Gasteiger partial charge in [-0.25, -0.2) is 4.98 Å². The molecule has 2 N–H and O–H groups in total. The lowest BCUT2D eigenvalue weighted by atomic mass is 10.1. The van der Waals surface area contributed by atoms with Gasteiger partial charge >= 0.3 is 0 Å². The van der Waals surface area contributed by atoms with E-state index in [1.807, 2.05) is 24.4 Å². The van der Waals surface area contributed by atoms with Crippen LogP contribution in [0.4, 0.5) is 5.13 Å². The molecule has 0 aliphatic heterocycles. The van der Waals surface area contributed by atoms with Crippen molar-refractivity contribution < 1.29 is 4.74 Å². The van der Waals surface area contributed by atoms with Gasteiger partial charge in [0.05, 0.1) is 12.8 Å². The number of aromatic amines is 1. The molecule has 0 saturated carbocycles. The lowest BCUT2D eigenvalue weighted by molar-refractivity contribution is 0.415. The second-order valence-corrected chi connectivity index (χ2v) is 5.04. The molecule has 19 heavy (non-hydrogen) atoms. The van der Waals surface area contributed by atoms with E-state index in [2.05, 4.69) is 27.6 Å². The normalized spacial score (nSPS) is 10.8. The van der Waals surface area contributed by atoms with Gasteiger partial charge in [-0.05, 0) is 25.1 Å². The minimum atomic E-state index is 0.857. The van der Waals surface area contributed by atoms with Gasteiger partial charge in [0.15, 0.2) is 5.13 Å². The van der Waals surface area contributed by atoms with Crippen LogP contribution in [-0.4, -0.2) is 23.6 Å². The number of nitrogens with one attached hydrogen (secondary N) is 2. The van der Waals surface area contributed by atoms with Crippen LogP contribution in [-0.2, 0) is 0 Å². The first-order valence-corrected chi connectivity index (χ1v) is 7.04. The predicted octanol–water partition coefficient (Wildman–Crippen LogP) is 3.73. The van der Waals surface area contributed by atoms with Gasteiger partial charge in [0, 0.05) is 34.6 Å². The van der Waals surface area contributed by atoms with Crippen molar-refractivity contribution in [3.05, 3.63) is 29.8 Å². The van der Waals surface area contributed by atoms with Gasteiger partial charge in [0.2, 0.25) is 0 Å². The number of methoxy groups -OCH3 is 1. The molecule has 5 heteroatoms. The van der Waals surface area contributed by atoms with Gasteiger partial charge < -0.3 is 15.0 Å². The molecule has 0 fully saturated rings. The summed E-state index contributed by atoms with van der Waals surface area (Å²) < 4.78 is 5.28. The first-order valence-electron chi connectivity index (χ1n) is 6.16.